The van der Waals surface area contributed by atoms with E-state index in [1.165, 1.54) is 20.4 Å². The van der Waals surface area contributed by atoms with Crippen LogP contribution in [0.4, 0.5) is 5.69 Å². The van der Waals surface area contributed by atoms with Crippen LogP contribution in [0.1, 0.15) is 27.0 Å². The maximum atomic E-state index is 12.4. The number of hydrazone groups is 1. The van der Waals surface area contributed by atoms with Crippen LogP contribution in [0, 0.1) is 13.8 Å². The van der Waals surface area contributed by atoms with Gasteiger partial charge in [0, 0.05) is 11.3 Å². The number of halogens is 1. The molecule has 0 aromatic heterocycles. The number of nitrogens with one attached hydrogen (secondary N) is 2. The molecule has 0 aliphatic heterocycles. The lowest BCUT2D eigenvalue weighted by Crippen LogP contribution is -2.21. The number of carbonyl (C=O) groups excluding carboxylic acids is 2. The number of hydrogen-bond acceptors (Lipinski definition) is 6. The summed E-state index contributed by atoms with van der Waals surface area (Å²) >= 11 is 6.37. The minimum atomic E-state index is -0.395. The number of hydrogen-bond donors (Lipinski definition) is 2. The van der Waals surface area contributed by atoms with Crippen molar-refractivity contribution in [2.45, 2.75) is 13.8 Å². The highest BCUT2D eigenvalue weighted by Gasteiger charge is 2.14. The molecule has 8 nitrogen and oxygen atoms in total. The molecule has 0 saturated carbocycles. The maximum absolute atomic E-state index is 12.4. The zero-order chi connectivity index (χ0) is 25.4. The van der Waals surface area contributed by atoms with Gasteiger partial charge in [0.1, 0.15) is 5.75 Å². The second-order valence-corrected chi connectivity index (χ2v) is 8.03. The van der Waals surface area contributed by atoms with Crippen LogP contribution in [0.2, 0.25) is 5.02 Å². The van der Waals surface area contributed by atoms with Crippen LogP contribution >= 0.6 is 11.6 Å². The highest BCUT2D eigenvalue weighted by Crippen LogP contribution is 2.36. The van der Waals surface area contributed by atoms with Gasteiger partial charge in [-0.05, 0) is 66.9 Å². The number of nitrogens with zero attached hydrogens (tertiary/aromatic N) is 1. The van der Waals surface area contributed by atoms with Crippen molar-refractivity contribution in [3.63, 3.8) is 0 Å². The van der Waals surface area contributed by atoms with E-state index in [1.54, 1.807) is 36.4 Å². The van der Waals surface area contributed by atoms with Crippen LogP contribution in [-0.2, 0) is 4.79 Å². The maximum Gasteiger partial charge on any atom is 0.271 e. The molecule has 0 spiro atoms. The molecule has 182 valence electrons. The lowest BCUT2D eigenvalue weighted by Gasteiger charge is -2.14. The number of rotatable bonds is 9. The highest BCUT2D eigenvalue weighted by molar-refractivity contribution is 6.32. The summed E-state index contributed by atoms with van der Waals surface area (Å²) in [4.78, 5) is 24.7. The van der Waals surface area contributed by atoms with Gasteiger partial charge in [-0.15, -0.1) is 0 Å². The second-order valence-electron chi connectivity index (χ2n) is 7.62. The summed E-state index contributed by atoms with van der Waals surface area (Å²) in [5, 5.41) is 7.03. The number of benzene rings is 3. The first kappa shape index (κ1) is 25.6. The second kappa shape index (κ2) is 11.9. The van der Waals surface area contributed by atoms with Crippen LogP contribution < -0.4 is 25.0 Å². The lowest BCUT2D eigenvalue weighted by atomic mass is 10.1. The van der Waals surface area contributed by atoms with Crippen LogP contribution in [0.5, 0.6) is 17.2 Å². The van der Waals surface area contributed by atoms with Crippen molar-refractivity contribution in [3.05, 3.63) is 81.9 Å². The normalized spacial score (nSPS) is 10.7. The van der Waals surface area contributed by atoms with Gasteiger partial charge in [0.05, 0.1) is 25.5 Å². The van der Waals surface area contributed by atoms with Crippen LogP contribution in [-0.4, -0.2) is 38.9 Å². The Kier molecular flexibility index (Phi) is 8.69. The molecule has 3 rings (SSSR count). The fraction of sp³-hybridized carbons (Fsp3) is 0.192. The third kappa shape index (κ3) is 6.97. The Balaban J connectivity index is 1.64. The molecule has 3 aromatic rings. The summed E-state index contributed by atoms with van der Waals surface area (Å²) < 4.78 is 16.1. The molecular formula is C26H26ClN3O5. The molecule has 0 aliphatic carbocycles. The predicted octanol–water partition coefficient (Wildman–Crippen LogP) is 4.76. The Morgan fingerprint density at radius 3 is 2.57 bits per heavy atom. The van der Waals surface area contributed by atoms with Gasteiger partial charge in [-0.25, -0.2) is 5.43 Å². The third-order valence-corrected chi connectivity index (χ3v) is 5.26. The van der Waals surface area contributed by atoms with E-state index < -0.39 is 5.91 Å². The SMILES string of the molecule is COc1cccc(C(=O)N/N=C/c2cc(Cl)c(OCC(=O)Nc3cc(C)ccc3C)c(OC)c2)c1. The van der Waals surface area contributed by atoms with Crippen molar-refractivity contribution in [3.8, 4) is 17.2 Å². The molecule has 2 amide bonds. The molecule has 2 N–H and O–H groups in total. The Hall–Kier alpha value is -4.04. The van der Waals surface area contributed by atoms with Gasteiger partial charge in [0.15, 0.2) is 18.1 Å². The van der Waals surface area contributed by atoms with Crippen molar-refractivity contribution >= 4 is 35.3 Å². The fourth-order valence-electron chi connectivity index (χ4n) is 3.14. The van der Waals surface area contributed by atoms with Crippen LogP contribution in [0.15, 0.2) is 59.7 Å². The zero-order valence-corrected chi connectivity index (χ0v) is 20.6. The molecule has 0 heterocycles. The van der Waals surface area contributed by atoms with Gasteiger partial charge in [0.2, 0.25) is 0 Å². The number of anilines is 1. The average Bonchev–Trinajstić information content (AvgIpc) is 2.85. The molecule has 0 bridgehead atoms. The van der Waals surface area contributed by atoms with Gasteiger partial charge in [-0.1, -0.05) is 29.8 Å². The Bertz CT molecular complexity index is 1260. The van der Waals surface area contributed by atoms with Crippen molar-refractivity contribution < 1.29 is 23.8 Å². The fourth-order valence-corrected chi connectivity index (χ4v) is 3.42. The predicted molar refractivity (Wildman–Crippen MR) is 136 cm³/mol. The number of carbonyl (C=O) groups is 2. The van der Waals surface area contributed by atoms with E-state index >= 15 is 0 Å². The molecule has 0 saturated heterocycles. The van der Waals surface area contributed by atoms with E-state index in [-0.39, 0.29) is 23.3 Å². The summed E-state index contributed by atoms with van der Waals surface area (Å²) in [6, 6.07) is 15.7. The first-order valence-corrected chi connectivity index (χ1v) is 11.0. The van der Waals surface area contributed by atoms with Crippen LogP contribution in [0.3, 0.4) is 0 Å². The lowest BCUT2D eigenvalue weighted by molar-refractivity contribution is -0.118. The molecule has 0 fully saturated rings. The van der Waals surface area contributed by atoms with Crippen LogP contribution in [0.25, 0.3) is 0 Å². The quantitative estimate of drug-likeness (QED) is 0.329. The third-order valence-electron chi connectivity index (χ3n) is 4.98. The monoisotopic (exact) mass is 495 g/mol. The molecule has 0 unspecified atom stereocenters. The largest absolute Gasteiger partial charge is 0.497 e. The number of amides is 2. The van der Waals surface area contributed by atoms with Gasteiger partial charge < -0.3 is 19.5 Å². The number of methoxy groups -OCH3 is 2. The number of aryl methyl sites for hydroxylation is 2. The minimum Gasteiger partial charge on any atom is -0.497 e. The first-order valence-electron chi connectivity index (χ1n) is 10.7. The first-order chi connectivity index (χ1) is 16.8. The van der Waals surface area contributed by atoms with Gasteiger partial charge >= 0.3 is 0 Å². The van der Waals surface area contributed by atoms with E-state index in [1.807, 2.05) is 32.0 Å². The minimum absolute atomic E-state index is 0.225. The van der Waals surface area contributed by atoms with Gasteiger partial charge in [-0.3, -0.25) is 9.59 Å². The molecular weight excluding hydrogens is 470 g/mol. The summed E-state index contributed by atoms with van der Waals surface area (Å²) in [6.45, 7) is 3.61. The van der Waals surface area contributed by atoms with E-state index in [2.05, 4.69) is 15.8 Å². The molecule has 9 heteroatoms. The Morgan fingerprint density at radius 1 is 1.03 bits per heavy atom. The summed E-state index contributed by atoms with van der Waals surface area (Å²) in [5.41, 5.74) is 6.11. The van der Waals surface area contributed by atoms with E-state index in [4.69, 9.17) is 25.8 Å². The van der Waals surface area contributed by atoms with E-state index in [0.29, 0.717) is 22.6 Å². The highest BCUT2D eigenvalue weighted by atomic mass is 35.5. The van der Waals surface area contributed by atoms with E-state index in [0.717, 1.165) is 16.8 Å². The summed E-state index contributed by atoms with van der Waals surface area (Å²) in [5.74, 6) is 0.382. The van der Waals surface area contributed by atoms with Gasteiger partial charge in [0.25, 0.3) is 11.8 Å². The summed E-state index contributed by atoms with van der Waals surface area (Å²) in [7, 11) is 2.98. The number of ether oxygens (including phenoxy) is 3. The Morgan fingerprint density at radius 2 is 1.83 bits per heavy atom. The van der Waals surface area contributed by atoms with Crippen molar-refractivity contribution in [2.24, 2.45) is 5.10 Å². The zero-order valence-electron chi connectivity index (χ0n) is 19.8. The van der Waals surface area contributed by atoms with Crippen molar-refractivity contribution in [2.75, 3.05) is 26.1 Å². The van der Waals surface area contributed by atoms with Crippen molar-refractivity contribution in [1.82, 2.24) is 5.43 Å². The molecule has 0 aliphatic rings. The average molecular weight is 496 g/mol. The molecule has 0 atom stereocenters. The van der Waals surface area contributed by atoms with Gasteiger partial charge in [-0.2, -0.15) is 5.10 Å². The van der Waals surface area contributed by atoms with E-state index in [9.17, 15) is 9.59 Å². The molecule has 0 radical (unpaired) electrons. The van der Waals surface area contributed by atoms with Crippen molar-refractivity contribution in [1.29, 1.82) is 0 Å². The Labute approximate surface area is 208 Å². The smallest absolute Gasteiger partial charge is 0.271 e. The molecule has 35 heavy (non-hydrogen) atoms. The molecule has 3 aromatic carbocycles. The topological polar surface area (TPSA) is 98.3 Å². The standard InChI is InChI=1S/C26H26ClN3O5/c1-16-8-9-17(2)22(10-16)29-24(31)15-35-25-21(27)11-18(12-23(25)34-4)14-28-30-26(32)19-6-5-7-20(13-19)33-3/h5-14H,15H2,1-4H3,(H,29,31)(H,30,32)/b28-14+. The summed E-state index contributed by atoms with van der Waals surface area (Å²) in [6.07, 6.45) is 1.42.